The van der Waals surface area contributed by atoms with Gasteiger partial charge >= 0.3 is 0 Å². The molecule has 3 aromatic carbocycles. The van der Waals surface area contributed by atoms with Gasteiger partial charge in [0.15, 0.2) is 12.9 Å². The van der Waals surface area contributed by atoms with Crippen LogP contribution in [0, 0.1) is 0 Å². The lowest BCUT2D eigenvalue weighted by atomic mass is 10.0. The number of benzene rings is 3. The van der Waals surface area contributed by atoms with E-state index in [1.165, 1.54) is 0 Å². The summed E-state index contributed by atoms with van der Waals surface area (Å²) >= 11 is 5.87. The van der Waals surface area contributed by atoms with Crippen LogP contribution >= 0.6 is 11.6 Å². The van der Waals surface area contributed by atoms with Crippen LogP contribution < -0.4 is 10.1 Å². The minimum atomic E-state index is -0.331. The summed E-state index contributed by atoms with van der Waals surface area (Å²) in [4.78, 5) is 23.4. The van der Waals surface area contributed by atoms with Crippen molar-refractivity contribution in [3.63, 3.8) is 0 Å². The van der Waals surface area contributed by atoms with E-state index >= 15 is 0 Å². The zero-order valence-electron chi connectivity index (χ0n) is 12.7. The third kappa shape index (κ3) is 3.55. The average Bonchev–Trinajstić information content (AvgIpc) is 2.59. The van der Waals surface area contributed by atoms with E-state index in [9.17, 15) is 9.59 Å². The van der Waals surface area contributed by atoms with Gasteiger partial charge in [-0.25, -0.2) is 0 Å². The maximum atomic E-state index is 12.0. The van der Waals surface area contributed by atoms with Crippen LogP contribution in [0.15, 0.2) is 60.7 Å². The number of hydrogen-bond donors (Lipinski definition) is 1. The molecule has 1 amide bonds. The van der Waals surface area contributed by atoms with Crippen LogP contribution in [-0.4, -0.2) is 18.8 Å². The van der Waals surface area contributed by atoms with Gasteiger partial charge in [-0.1, -0.05) is 48.0 Å². The molecular formula is C19H14ClNO3. The van der Waals surface area contributed by atoms with Gasteiger partial charge in [0.05, 0.1) is 5.56 Å². The van der Waals surface area contributed by atoms with Crippen LogP contribution in [-0.2, 0) is 4.79 Å². The van der Waals surface area contributed by atoms with E-state index in [0.717, 1.165) is 17.1 Å². The molecule has 120 valence electrons. The molecule has 0 aliphatic rings. The lowest BCUT2D eigenvalue weighted by molar-refractivity contribution is -0.118. The number of amides is 1. The number of anilines is 1. The first-order valence-electron chi connectivity index (χ1n) is 7.32. The third-order valence-corrected chi connectivity index (χ3v) is 3.75. The van der Waals surface area contributed by atoms with E-state index in [1.54, 1.807) is 30.3 Å². The second-order valence-electron chi connectivity index (χ2n) is 5.16. The van der Waals surface area contributed by atoms with Crippen LogP contribution in [0.2, 0.25) is 5.02 Å². The summed E-state index contributed by atoms with van der Waals surface area (Å²) < 4.78 is 5.52. The van der Waals surface area contributed by atoms with Crippen LogP contribution in [0.5, 0.6) is 5.75 Å². The molecule has 3 rings (SSSR count). The second kappa shape index (κ2) is 7.15. The van der Waals surface area contributed by atoms with Crippen molar-refractivity contribution < 1.29 is 14.3 Å². The molecular weight excluding hydrogens is 326 g/mol. The zero-order valence-corrected chi connectivity index (χ0v) is 13.4. The van der Waals surface area contributed by atoms with Gasteiger partial charge in [-0.15, -0.1) is 0 Å². The number of nitrogens with one attached hydrogen (secondary N) is 1. The minimum Gasteiger partial charge on any atom is -0.483 e. The van der Waals surface area contributed by atoms with Crippen molar-refractivity contribution in [1.82, 2.24) is 0 Å². The first kappa shape index (κ1) is 16.0. The molecule has 24 heavy (non-hydrogen) atoms. The summed E-state index contributed by atoms with van der Waals surface area (Å²) in [6, 6.07) is 17.9. The molecule has 3 aromatic rings. The number of carbonyl (C=O) groups excluding carboxylic acids is 2. The molecule has 1 N–H and O–H groups in total. The molecule has 5 heteroatoms. The molecule has 4 nitrogen and oxygen atoms in total. The summed E-state index contributed by atoms with van der Waals surface area (Å²) in [6.07, 6.45) is 0.743. The van der Waals surface area contributed by atoms with E-state index in [2.05, 4.69) is 5.32 Å². The summed E-state index contributed by atoms with van der Waals surface area (Å²) in [5.74, 6) is 0.0484. The van der Waals surface area contributed by atoms with Gasteiger partial charge in [0.2, 0.25) is 0 Å². The molecule has 0 heterocycles. The van der Waals surface area contributed by atoms with E-state index in [-0.39, 0.29) is 12.5 Å². The van der Waals surface area contributed by atoms with Crippen molar-refractivity contribution in [2.75, 3.05) is 11.9 Å². The Hall–Kier alpha value is -2.85. The Bertz CT molecular complexity index is 908. The Balaban J connectivity index is 1.73. The van der Waals surface area contributed by atoms with Crippen LogP contribution in [0.3, 0.4) is 0 Å². The largest absolute Gasteiger partial charge is 0.483 e. The summed E-state index contributed by atoms with van der Waals surface area (Å²) in [6.45, 7) is -0.203. The number of ether oxygens (including phenoxy) is 1. The van der Waals surface area contributed by atoms with Gasteiger partial charge in [0, 0.05) is 10.7 Å². The molecule has 0 aliphatic carbocycles. The Morgan fingerprint density at radius 1 is 1.08 bits per heavy atom. The van der Waals surface area contributed by atoms with E-state index in [4.69, 9.17) is 16.3 Å². The number of carbonyl (C=O) groups is 2. The molecule has 0 bridgehead atoms. The molecule has 0 radical (unpaired) electrons. The van der Waals surface area contributed by atoms with Crippen molar-refractivity contribution in [3.05, 3.63) is 71.2 Å². The first-order valence-corrected chi connectivity index (χ1v) is 7.70. The highest BCUT2D eigenvalue weighted by molar-refractivity contribution is 6.30. The summed E-state index contributed by atoms with van der Waals surface area (Å²) in [5, 5.41) is 4.96. The molecule has 0 aromatic heterocycles. The first-order chi connectivity index (χ1) is 11.7. The second-order valence-corrected chi connectivity index (χ2v) is 5.60. The minimum absolute atomic E-state index is 0.203. The Morgan fingerprint density at radius 3 is 2.71 bits per heavy atom. The molecule has 0 saturated heterocycles. The maximum absolute atomic E-state index is 12.0. The monoisotopic (exact) mass is 339 g/mol. The van der Waals surface area contributed by atoms with Gasteiger partial charge in [0.1, 0.15) is 5.75 Å². The van der Waals surface area contributed by atoms with Gasteiger partial charge in [0.25, 0.3) is 5.91 Å². The van der Waals surface area contributed by atoms with Gasteiger partial charge in [-0.05, 0) is 35.0 Å². The highest BCUT2D eigenvalue weighted by atomic mass is 35.5. The fourth-order valence-corrected chi connectivity index (χ4v) is 2.62. The number of rotatable bonds is 5. The fourth-order valence-electron chi connectivity index (χ4n) is 2.43. The van der Waals surface area contributed by atoms with Crippen LogP contribution in [0.1, 0.15) is 10.4 Å². The van der Waals surface area contributed by atoms with Crippen molar-refractivity contribution >= 4 is 40.3 Å². The van der Waals surface area contributed by atoms with Crippen molar-refractivity contribution in [2.45, 2.75) is 0 Å². The molecule has 0 saturated carbocycles. The molecule has 0 aliphatic heterocycles. The van der Waals surface area contributed by atoms with Crippen molar-refractivity contribution in [1.29, 1.82) is 0 Å². The third-order valence-electron chi connectivity index (χ3n) is 3.52. The summed E-state index contributed by atoms with van der Waals surface area (Å²) in [5.41, 5.74) is 1.02. The Morgan fingerprint density at radius 2 is 1.92 bits per heavy atom. The molecule has 0 atom stereocenters. The Kier molecular flexibility index (Phi) is 4.77. The number of aldehydes is 1. The number of fused-ring (bicyclic) bond motifs is 1. The number of hydrogen-bond acceptors (Lipinski definition) is 3. The molecule has 0 spiro atoms. The fraction of sp³-hybridized carbons (Fsp3) is 0.0526. The zero-order chi connectivity index (χ0) is 16.9. The summed E-state index contributed by atoms with van der Waals surface area (Å²) in [7, 11) is 0. The van der Waals surface area contributed by atoms with Crippen LogP contribution in [0.25, 0.3) is 10.8 Å². The standard InChI is InChI=1S/C19H14ClNO3/c20-14-5-3-6-15(10-14)21-19(23)12-24-18-9-8-13-4-1-2-7-16(13)17(18)11-22/h1-11H,12H2,(H,21,23). The highest BCUT2D eigenvalue weighted by Crippen LogP contribution is 2.26. The SMILES string of the molecule is O=Cc1c(OCC(=O)Nc2cccc(Cl)c2)ccc2ccccc12. The predicted octanol–water partition coefficient (Wildman–Crippen LogP) is 4.32. The Labute approximate surface area is 144 Å². The maximum Gasteiger partial charge on any atom is 0.262 e. The van der Waals surface area contributed by atoms with E-state index < -0.39 is 0 Å². The lowest BCUT2D eigenvalue weighted by Crippen LogP contribution is -2.20. The van der Waals surface area contributed by atoms with Gasteiger partial charge in [-0.3, -0.25) is 9.59 Å². The average molecular weight is 340 g/mol. The van der Waals surface area contributed by atoms with Gasteiger partial charge < -0.3 is 10.1 Å². The highest BCUT2D eigenvalue weighted by Gasteiger charge is 2.10. The lowest BCUT2D eigenvalue weighted by Gasteiger charge is -2.11. The number of halogens is 1. The normalized spacial score (nSPS) is 10.4. The molecule has 0 unspecified atom stereocenters. The van der Waals surface area contributed by atoms with Crippen molar-refractivity contribution in [2.24, 2.45) is 0 Å². The molecule has 0 fully saturated rings. The van der Waals surface area contributed by atoms with E-state index in [1.807, 2.05) is 30.3 Å². The topological polar surface area (TPSA) is 55.4 Å². The smallest absolute Gasteiger partial charge is 0.262 e. The van der Waals surface area contributed by atoms with Crippen LogP contribution in [0.4, 0.5) is 5.69 Å². The quantitative estimate of drug-likeness (QED) is 0.704. The van der Waals surface area contributed by atoms with Crippen molar-refractivity contribution in [3.8, 4) is 5.75 Å². The predicted molar refractivity (Wildman–Crippen MR) is 94.9 cm³/mol. The van der Waals surface area contributed by atoms with Gasteiger partial charge in [-0.2, -0.15) is 0 Å². The van der Waals surface area contributed by atoms with E-state index in [0.29, 0.717) is 22.0 Å².